The van der Waals surface area contributed by atoms with E-state index >= 15 is 0 Å². The topological polar surface area (TPSA) is 59.1 Å². The second-order valence-corrected chi connectivity index (χ2v) is 8.88. The number of carbonyl (C=O) groups is 2. The average molecular weight is 434 g/mol. The first-order chi connectivity index (χ1) is 15.7. The van der Waals surface area contributed by atoms with E-state index in [0.717, 1.165) is 25.3 Å². The highest BCUT2D eigenvalue weighted by Crippen LogP contribution is 2.33. The summed E-state index contributed by atoms with van der Waals surface area (Å²) >= 11 is 0. The van der Waals surface area contributed by atoms with Gasteiger partial charge in [-0.05, 0) is 30.8 Å². The Balaban J connectivity index is 1.31. The minimum atomic E-state index is -0.227. The summed E-state index contributed by atoms with van der Waals surface area (Å²) in [4.78, 5) is 33.5. The van der Waals surface area contributed by atoms with Crippen LogP contribution in [0.3, 0.4) is 0 Å². The fraction of sp³-hybridized carbons (Fsp3) is 0.440. The second kappa shape index (κ2) is 8.92. The highest BCUT2D eigenvalue weighted by atomic mass is 16.2. The molecule has 5 rings (SSSR count). The number of piperazine rings is 1. The minimum absolute atomic E-state index is 0.0612. The van der Waals surface area contributed by atoms with Gasteiger partial charge in [0.25, 0.3) is 0 Å². The molecule has 0 aliphatic carbocycles. The normalized spacial score (nSPS) is 26.3. The van der Waals surface area contributed by atoms with Crippen molar-refractivity contribution in [1.82, 2.24) is 15.2 Å². The van der Waals surface area contributed by atoms with Crippen LogP contribution in [-0.4, -0.2) is 73.5 Å². The van der Waals surface area contributed by atoms with Crippen molar-refractivity contribution in [2.75, 3.05) is 55.7 Å². The zero-order valence-corrected chi connectivity index (χ0v) is 18.6. The van der Waals surface area contributed by atoms with E-state index in [4.69, 9.17) is 0 Å². The van der Waals surface area contributed by atoms with E-state index in [9.17, 15) is 9.59 Å². The minimum Gasteiger partial charge on any atom is -0.368 e. The number of benzene rings is 2. The number of hydrogen-bond acceptors (Lipinski definition) is 5. The van der Waals surface area contributed by atoms with Gasteiger partial charge in [-0.2, -0.15) is 0 Å². The van der Waals surface area contributed by atoms with Crippen LogP contribution in [0.4, 0.5) is 11.4 Å². The molecule has 3 aliphatic rings. The number of amides is 2. The Hall–Kier alpha value is -2.90. The van der Waals surface area contributed by atoms with Crippen LogP contribution in [-0.2, 0) is 9.59 Å². The number of nitrogens with one attached hydrogen (secondary N) is 1. The van der Waals surface area contributed by atoms with Gasteiger partial charge in [-0.25, -0.2) is 10.4 Å². The maximum Gasteiger partial charge on any atom is 0.247 e. The van der Waals surface area contributed by atoms with Crippen molar-refractivity contribution in [3.05, 3.63) is 60.7 Å². The largest absolute Gasteiger partial charge is 0.368 e. The third-order valence-corrected chi connectivity index (χ3v) is 7.08. The van der Waals surface area contributed by atoms with Crippen molar-refractivity contribution < 1.29 is 9.59 Å². The number of fused-ring (bicyclic) bond motifs is 1. The second-order valence-electron chi connectivity index (χ2n) is 8.88. The van der Waals surface area contributed by atoms with Crippen LogP contribution in [0.15, 0.2) is 60.7 Å². The summed E-state index contributed by atoms with van der Waals surface area (Å²) < 4.78 is 0. The van der Waals surface area contributed by atoms with Crippen LogP contribution >= 0.6 is 0 Å². The zero-order chi connectivity index (χ0) is 22.1. The lowest BCUT2D eigenvalue weighted by Gasteiger charge is -2.42. The van der Waals surface area contributed by atoms with E-state index in [1.807, 2.05) is 41.3 Å². The standard InChI is InChI=1S/C25H31N5O2/c1-2-27-17-21(23-22(18-27)25(32)30(26-23)20-11-7-4-8-12-20)24(31)29-15-13-28(14-16-29)19-9-5-3-6-10-19/h3-12,21-23,26H,2,13-18H2,1H3. The van der Waals surface area contributed by atoms with Gasteiger partial charge in [0.1, 0.15) is 0 Å². The van der Waals surface area contributed by atoms with Gasteiger partial charge in [0.2, 0.25) is 11.8 Å². The molecule has 0 radical (unpaired) electrons. The molecule has 168 valence electrons. The van der Waals surface area contributed by atoms with Gasteiger partial charge in [-0.1, -0.05) is 43.3 Å². The van der Waals surface area contributed by atoms with Crippen LogP contribution in [0.2, 0.25) is 0 Å². The molecule has 2 aromatic rings. The summed E-state index contributed by atoms with van der Waals surface area (Å²) in [6.07, 6.45) is 0. The van der Waals surface area contributed by atoms with Gasteiger partial charge in [-0.3, -0.25) is 9.59 Å². The number of carbonyl (C=O) groups excluding carboxylic acids is 2. The first-order valence-corrected chi connectivity index (χ1v) is 11.6. The third kappa shape index (κ3) is 3.87. The zero-order valence-electron chi connectivity index (χ0n) is 18.6. The number of rotatable bonds is 4. The van der Waals surface area contributed by atoms with Gasteiger partial charge < -0.3 is 14.7 Å². The summed E-state index contributed by atoms with van der Waals surface area (Å²) in [5.74, 6) is -0.203. The first kappa shape index (κ1) is 21.0. The SMILES string of the molecule is CCN1CC(C(=O)N2CCN(c3ccccc3)CC2)C2NN(c3ccccc3)C(=O)C2C1. The first-order valence-electron chi connectivity index (χ1n) is 11.6. The molecule has 3 unspecified atom stereocenters. The van der Waals surface area contributed by atoms with E-state index in [1.165, 1.54) is 5.69 Å². The smallest absolute Gasteiger partial charge is 0.247 e. The molecular weight excluding hydrogens is 402 g/mol. The summed E-state index contributed by atoms with van der Waals surface area (Å²) in [7, 11) is 0. The number of piperidine rings is 1. The molecule has 32 heavy (non-hydrogen) atoms. The van der Waals surface area contributed by atoms with Crippen molar-refractivity contribution in [2.45, 2.75) is 13.0 Å². The van der Waals surface area contributed by atoms with E-state index in [0.29, 0.717) is 26.2 Å². The van der Waals surface area contributed by atoms with Gasteiger partial charge in [0.05, 0.1) is 23.6 Å². The predicted molar refractivity (Wildman–Crippen MR) is 125 cm³/mol. The Kier molecular flexibility index (Phi) is 5.85. The summed E-state index contributed by atoms with van der Waals surface area (Å²) in [6.45, 7) is 7.41. The Morgan fingerprint density at radius 3 is 2.16 bits per heavy atom. The fourth-order valence-electron chi connectivity index (χ4n) is 5.26. The number of anilines is 2. The van der Waals surface area contributed by atoms with E-state index in [1.54, 1.807) is 5.01 Å². The molecule has 2 aromatic carbocycles. The Morgan fingerprint density at radius 1 is 0.906 bits per heavy atom. The van der Waals surface area contributed by atoms with Gasteiger partial charge in [0, 0.05) is 45.0 Å². The number of hydrogen-bond donors (Lipinski definition) is 1. The molecule has 3 saturated heterocycles. The molecule has 3 atom stereocenters. The molecule has 3 aliphatic heterocycles. The number of hydrazine groups is 1. The van der Waals surface area contributed by atoms with Crippen molar-refractivity contribution in [3.8, 4) is 0 Å². The fourth-order valence-corrected chi connectivity index (χ4v) is 5.26. The van der Waals surface area contributed by atoms with E-state index < -0.39 is 0 Å². The molecule has 1 N–H and O–H groups in total. The van der Waals surface area contributed by atoms with E-state index in [-0.39, 0.29) is 29.7 Å². The molecular formula is C25H31N5O2. The number of nitrogens with zero attached hydrogens (tertiary/aromatic N) is 4. The molecule has 0 spiro atoms. The lowest BCUT2D eigenvalue weighted by Crippen LogP contribution is -2.59. The molecule has 0 aromatic heterocycles. The quantitative estimate of drug-likeness (QED) is 0.797. The van der Waals surface area contributed by atoms with Crippen LogP contribution in [0, 0.1) is 11.8 Å². The average Bonchev–Trinajstić information content (AvgIpc) is 3.20. The van der Waals surface area contributed by atoms with Gasteiger partial charge >= 0.3 is 0 Å². The Labute approximate surface area is 189 Å². The summed E-state index contributed by atoms with van der Waals surface area (Å²) in [6, 6.07) is 19.9. The summed E-state index contributed by atoms with van der Waals surface area (Å²) in [5.41, 5.74) is 5.44. The van der Waals surface area contributed by atoms with Crippen LogP contribution in [0.1, 0.15) is 6.92 Å². The van der Waals surface area contributed by atoms with Crippen LogP contribution in [0.5, 0.6) is 0 Å². The van der Waals surface area contributed by atoms with E-state index in [2.05, 4.69) is 46.4 Å². The maximum absolute atomic E-state index is 13.7. The number of para-hydroxylation sites is 2. The maximum atomic E-state index is 13.7. The molecule has 3 fully saturated rings. The van der Waals surface area contributed by atoms with Crippen molar-refractivity contribution in [3.63, 3.8) is 0 Å². The number of likely N-dealkylation sites (tertiary alicyclic amines) is 1. The highest BCUT2D eigenvalue weighted by Gasteiger charge is 2.51. The van der Waals surface area contributed by atoms with Crippen molar-refractivity contribution >= 4 is 23.2 Å². The lowest BCUT2D eigenvalue weighted by atomic mass is 9.83. The summed E-state index contributed by atoms with van der Waals surface area (Å²) in [5, 5.41) is 1.65. The third-order valence-electron chi connectivity index (χ3n) is 7.08. The Bertz CT molecular complexity index is 945. The Morgan fingerprint density at radius 2 is 1.53 bits per heavy atom. The predicted octanol–water partition coefficient (Wildman–Crippen LogP) is 1.82. The molecule has 7 heteroatoms. The van der Waals surface area contributed by atoms with Crippen LogP contribution < -0.4 is 15.3 Å². The molecule has 3 heterocycles. The highest BCUT2D eigenvalue weighted by molar-refractivity contribution is 5.98. The van der Waals surface area contributed by atoms with Crippen molar-refractivity contribution in [1.29, 1.82) is 0 Å². The molecule has 2 amide bonds. The van der Waals surface area contributed by atoms with Gasteiger partial charge in [-0.15, -0.1) is 0 Å². The van der Waals surface area contributed by atoms with Crippen LogP contribution in [0.25, 0.3) is 0 Å². The molecule has 0 saturated carbocycles. The molecule has 7 nitrogen and oxygen atoms in total. The molecule has 0 bridgehead atoms. The monoisotopic (exact) mass is 433 g/mol. The van der Waals surface area contributed by atoms with Gasteiger partial charge in [0.15, 0.2) is 0 Å². The van der Waals surface area contributed by atoms with Crippen molar-refractivity contribution in [2.24, 2.45) is 11.8 Å². The lowest BCUT2D eigenvalue weighted by molar-refractivity contribution is -0.139.